The van der Waals surface area contributed by atoms with Crippen molar-refractivity contribution >= 4 is 5.96 Å². The molecule has 0 aliphatic carbocycles. The zero-order valence-corrected chi connectivity index (χ0v) is 18.5. The Morgan fingerprint density at radius 3 is 2.20 bits per heavy atom. The molecule has 0 aliphatic rings. The fourth-order valence-corrected chi connectivity index (χ4v) is 3.15. The van der Waals surface area contributed by atoms with E-state index in [0.29, 0.717) is 36.3 Å². The van der Waals surface area contributed by atoms with Crippen LogP contribution in [0.3, 0.4) is 0 Å². The van der Waals surface area contributed by atoms with Gasteiger partial charge in [0.2, 0.25) is 5.75 Å². The molecule has 2 aromatic rings. The monoisotopic (exact) mass is 418 g/mol. The summed E-state index contributed by atoms with van der Waals surface area (Å²) in [6.45, 7) is 1.06. The van der Waals surface area contributed by atoms with Crippen molar-refractivity contribution in [3.63, 3.8) is 0 Å². The summed E-state index contributed by atoms with van der Waals surface area (Å²) in [6, 6.07) is 10.4. The highest BCUT2D eigenvalue weighted by Crippen LogP contribution is 2.38. The number of halogens is 1. The molecule has 2 rings (SSSR count). The van der Waals surface area contributed by atoms with E-state index < -0.39 is 0 Å². The molecule has 1 unspecified atom stereocenters. The summed E-state index contributed by atoms with van der Waals surface area (Å²) in [7, 11) is 10.4. The van der Waals surface area contributed by atoms with Gasteiger partial charge in [-0.2, -0.15) is 0 Å². The summed E-state index contributed by atoms with van der Waals surface area (Å²) in [5.74, 6) is 2.12. The lowest BCUT2D eigenvalue weighted by molar-refractivity contribution is 0.297. The molecule has 0 saturated carbocycles. The Labute approximate surface area is 177 Å². The van der Waals surface area contributed by atoms with Crippen LogP contribution in [0, 0.1) is 5.82 Å². The van der Waals surface area contributed by atoms with E-state index in [9.17, 15) is 4.39 Å². The third kappa shape index (κ3) is 6.00. The second-order valence-electron chi connectivity index (χ2n) is 6.87. The van der Waals surface area contributed by atoms with Crippen molar-refractivity contribution < 1.29 is 18.6 Å². The van der Waals surface area contributed by atoms with Gasteiger partial charge < -0.3 is 29.7 Å². The van der Waals surface area contributed by atoms with Crippen LogP contribution < -0.4 is 24.8 Å². The second kappa shape index (κ2) is 11.3. The van der Waals surface area contributed by atoms with Gasteiger partial charge in [-0.25, -0.2) is 4.39 Å². The number of methoxy groups -OCH3 is 3. The predicted molar refractivity (Wildman–Crippen MR) is 117 cm³/mol. The number of ether oxygens (including phenoxy) is 3. The molecule has 2 N–H and O–H groups in total. The number of guanidine groups is 1. The maximum Gasteiger partial charge on any atom is 0.203 e. The highest BCUT2D eigenvalue weighted by molar-refractivity contribution is 5.79. The third-order valence-electron chi connectivity index (χ3n) is 4.73. The Morgan fingerprint density at radius 2 is 1.70 bits per heavy atom. The smallest absolute Gasteiger partial charge is 0.203 e. The van der Waals surface area contributed by atoms with Crippen LogP contribution in [0.25, 0.3) is 0 Å². The van der Waals surface area contributed by atoms with E-state index in [0.717, 1.165) is 11.1 Å². The summed E-state index contributed by atoms with van der Waals surface area (Å²) in [5, 5.41) is 6.58. The lowest BCUT2D eigenvalue weighted by Gasteiger charge is -2.26. The van der Waals surface area contributed by atoms with Crippen molar-refractivity contribution in [2.24, 2.45) is 4.99 Å². The first-order valence-corrected chi connectivity index (χ1v) is 9.58. The van der Waals surface area contributed by atoms with Crippen LogP contribution in [-0.2, 0) is 6.54 Å². The molecule has 0 bridgehead atoms. The number of hydrogen-bond acceptors (Lipinski definition) is 5. The van der Waals surface area contributed by atoms with E-state index in [1.54, 1.807) is 40.5 Å². The van der Waals surface area contributed by atoms with Gasteiger partial charge in [0.25, 0.3) is 0 Å². The summed E-state index contributed by atoms with van der Waals surface area (Å²) < 4.78 is 29.8. The highest BCUT2D eigenvalue weighted by atomic mass is 19.1. The summed E-state index contributed by atoms with van der Waals surface area (Å²) >= 11 is 0. The van der Waals surface area contributed by atoms with Crippen molar-refractivity contribution in [2.45, 2.75) is 12.6 Å². The number of likely N-dealkylation sites (N-methyl/N-ethyl adjacent to an activating group) is 1. The molecule has 2 aromatic carbocycles. The molecule has 0 aliphatic heterocycles. The maximum atomic E-state index is 13.6. The fourth-order valence-electron chi connectivity index (χ4n) is 3.15. The van der Waals surface area contributed by atoms with Crippen LogP contribution in [-0.4, -0.2) is 59.9 Å². The Hall–Kier alpha value is -3.00. The Morgan fingerprint density at radius 1 is 1.03 bits per heavy atom. The van der Waals surface area contributed by atoms with Crippen LogP contribution >= 0.6 is 0 Å². The van der Waals surface area contributed by atoms with Gasteiger partial charge in [-0.05, 0) is 49.5 Å². The van der Waals surface area contributed by atoms with Crippen molar-refractivity contribution in [2.75, 3.05) is 49.0 Å². The number of nitrogens with one attached hydrogen (secondary N) is 2. The van der Waals surface area contributed by atoms with Gasteiger partial charge in [-0.3, -0.25) is 4.99 Å². The molecule has 0 aromatic heterocycles. The first-order chi connectivity index (χ1) is 14.4. The zero-order valence-electron chi connectivity index (χ0n) is 18.5. The number of benzene rings is 2. The van der Waals surface area contributed by atoms with Gasteiger partial charge in [0, 0.05) is 20.1 Å². The average molecular weight is 419 g/mol. The highest BCUT2D eigenvalue weighted by Gasteiger charge is 2.16. The molecule has 0 saturated heterocycles. The first kappa shape index (κ1) is 23.3. The topological polar surface area (TPSA) is 67.4 Å². The number of rotatable bonds is 9. The van der Waals surface area contributed by atoms with Gasteiger partial charge in [-0.1, -0.05) is 12.1 Å². The van der Waals surface area contributed by atoms with Crippen molar-refractivity contribution in [3.05, 3.63) is 53.3 Å². The molecule has 0 radical (unpaired) electrons. The van der Waals surface area contributed by atoms with Crippen LogP contribution in [0.1, 0.15) is 17.2 Å². The van der Waals surface area contributed by atoms with E-state index in [4.69, 9.17) is 14.2 Å². The normalized spacial score (nSPS) is 12.5. The fraction of sp³-hybridized carbons (Fsp3) is 0.409. The molecule has 0 heterocycles. The zero-order chi connectivity index (χ0) is 22.1. The number of nitrogens with zero attached hydrogens (tertiary/aromatic N) is 2. The van der Waals surface area contributed by atoms with Crippen LogP contribution in [0.4, 0.5) is 4.39 Å². The minimum atomic E-state index is -0.246. The molecule has 1 atom stereocenters. The summed E-state index contributed by atoms with van der Waals surface area (Å²) in [6.07, 6.45) is 0. The third-order valence-corrected chi connectivity index (χ3v) is 4.73. The molecule has 7 nitrogen and oxygen atoms in total. The molecule has 0 amide bonds. The van der Waals surface area contributed by atoms with E-state index in [2.05, 4.69) is 15.6 Å². The van der Waals surface area contributed by atoms with Gasteiger partial charge in [0.15, 0.2) is 17.5 Å². The van der Waals surface area contributed by atoms with E-state index >= 15 is 0 Å². The number of aliphatic imine (C=N–C) groups is 1. The predicted octanol–water partition coefficient (Wildman–Crippen LogP) is 2.82. The van der Waals surface area contributed by atoms with Gasteiger partial charge in [-0.15, -0.1) is 0 Å². The van der Waals surface area contributed by atoms with E-state index in [1.807, 2.05) is 37.2 Å². The molecule has 0 spiro atoms. The van der Waals surface area contributed by atoms with Gasteiger partial charge in [0.1, 0.15) is 5.82 Å². The quantitative estimate of drug-likeness (QED) is 0.482. The Kier molecular flexibility index (Phi) is 8.73. The standard InChI is InChI=1S/C22H31FN4O3/c1-24-22(26-14-18(27(2)3)16-8-7-9-17(23)12-16)25-13-15-10-19(28-4)21(30-6)20(11-15)29-5/h7-12,18H,13-14H2,1-6H3,(H2,24,25,26). The minimum Gasteiger partial charge on any atom is -0.493 e. The molecular weight excluding hydrogens is 387 g/mol. The Balaban J connectivity index is 2.06. The Bertz CT molecular complexity index is 833. The molecule has 30 heavy (non-hydrogen) atoms. The molecule has 8 heteroatoms. The lowest BCUT2D eigenvalue weighted by atomic mass is 10.1. The van der Waals surface area contributed by atoms with Crippen LogP contribution in [0.2, 0.25) is 0 Å². The first-order valence-electron chi connectivity index (χ1n) is 9.58. The minimum absolute atomic E-state index is 0.0135. The average Bonchev–Trinajstić information content (AvgIpc) is 2.74. The molecule has 0 fully saturated rings. The van der Waals surface area contributed by atoms with Crippen molar-refractivity contribution in [1.82, 2.24) is 15.5 Å². The van der Waals surface area contributed by atoms with Crippen molar-refractivity contribution in [3.8, 4) is 17.2 Å². The van der Waals surface area contributed by atoms with Gasteiger partial charge in [0.05, 0.1) is 27.4 Å². The maximum absolute atomic E-state index is 13.6. The van der Waals surface area contributed by atoms with Crippen LogP contribution in [0.5, 0.6) is 17.2 Å². The number of hydrogen-bond donors (Lipinski definition) is 2. The van der Waals surface area contributed by atoms with E-state index in [1.165, 1.54) is 6.07 Å². The lowest BCUT2D eigenvalue weighted by Crippen LogP contribution is -2.41. The molecule has 164 valence electrons. The molecular formula is C22H31FN4O3. The van der Waals surface area contributed by atoms with Gasteiger partial charge >= 0.3 is 0 Å². The second-order valence-corrected chi connectivity index (χ2v) is 6.87. The summed E-state index contributed by atoms with van der Waals surface area (Å²) in [5.41, 5.74) is 1.84. The SMILES string of the molecule is CN=C(NCc1cc(OC)c(OC)c(OC)c1)NCC(c1cccc(F)c1)N(C)C. The van der Waals surface area contributed by atoms with Crippen molar-refractivity contribution in [1.29, 1.82) is 0 Å². The van der Waals surface area contributed by atoms with Crippen LogP contribution in [0.15, 0.2) is 41.4 Å². The van der Waals surface area contributed by atoms with E-state index in [-0.39, 0.29) is 11.9 Å². The summed E-state index contributed by atoms with van der Waals surface area (Å²) in [4.78, 5) is 6.32. The largest absolute Gasteiger partial charge is 0.493 e.